The number of aromatic nitrogens is 2. The molecule has 1 aliphatic rings. The molecule has 7 nitrogen and oxygen atoms in total. The van der Waals surface area contributed by atoms with E-state index in [0.29, 0.717) is 18.3 Å². The van der Waals surface area contributed by atoms with Gasteiger partial charge in [-0.05, 0) is 6.26 Å². The van der Waals surface area contributed by atoms with E-state index in [1.54, 1.807) is 0 Å². The Balaban J connectivity index is 1.69. The second-order valence-corrected chi connectivity index (χ2v) is 5.92. The standard InChI is InChI=1S/C13H23N5O2S/c1-3-11-15-12(20-16-11)10-14-13(19)18-6-4-17(5-7-18)8-9-21-2/h3-10H2,1-2H3,(H,14,19). The molecule has 1 aliphatic heterocycles. The van der Waals surface area contributed by atoms with Gasteiger partial charge < -0.3 is 14.7 Å². The highest BCUT2D eigenvalue weighted by Gasteiger charge is 2.20. The fourth-order valence-electron chi connectivity index (χ4n) is 2.16. The lowest BCUT2D eigenvalue weighted by atomic mass is 10.3. The monoisotopic (exact) mass is 313 g/mol. The van der Waals surface area contributed by atoms with Crippen LogP contribution in [0.25, 0.3) is 0 Å². The summed E-state index contributed by atoms with van der Waals surface area (Å²) in [7, 11) is 0. The van der Waals surface area contributed by atoms with E-state index in [4.69, 9.17) is 4.52 Å². The Morgan fingerprint density at radius 1 is 1.38 bits per heavy atom. The second kappa shape index (κ2) is 8.23. The first-order valence-electron chi connectivity index (χ1n) is 7.28. The van der Waals surface area contributed by atoms with E-state index in [-0.39, 0.29) is 6.03 Å². The minimum absolute atomic E-state index is 0.0595. The van der Waals surface area contributed by atoms with E-state index in [9.17, 15) is 4.79 Å². The van der Waals surface area contributed by atoms with E-state index in [1.807, 2.05) is 23.6 Å². The number of nitrogens with one attached hydrogen (secondary N) is 1. The Kier molecular flexibility index (Phi) is 6.31. The fraction of sp³-hybridized carbons (Fsp3) is 0.769. The van der Waals surface area contributed by atoms with Crippen LogP contribution in [0.5, 0.6) is 0 Å². The zero-order chi connectivity index (χ0) is 15.1. The smallest absolute Gasteiger partial charge is 0.317 e. The molecule has 0 spiro atoms. The van der Waals surface area contributed by atoms with Crippen LogP contribution in [-0.2, 0) is 13.0 Å². The summed E-state index contributed by atoms with van der Waals surface area (Å²) in [5, 5.41) is 6.64. The highest BCUT2D eigenvalue weighted by molar-refractivity contribution is 7.98. The van der Waals surface area contributed by atoms with Gasteiger partial charge in [0.05, 0.1) is 6.54 Å². The van der Waals surface area contributed by atoms with Gasteiger partial charge in [-0.25, -0.2) is 4.79 Å². The molecule has 2 amide bonds. The Hall–Kier alpha value is -1.28. The SMILES string of the molecule is CCc1noc(CNC(=O)N2CCN(CCSC)CC2)n1. The van der Waals surface area contributed by atoms with Gasteiger partial charge in [0.1, 0.15) is 0 Å². The topological polar surface area (TPSA) is 74.5 Å². The summed E-state index contributed by atoms with van der Waals surface area (Å²) in [5.41, 5.74) is 0. The van der Waals surface area contributed by atoms with Gasteiger partial charge in [0.25, 0.3) is 0 Å². The summed E-state index contributed by atoms with van der Waals surface area (Å²) in [4.78, 5) is 20.5. The summed E-state index contributed by atoms with van der Waals surface area (Å²) in [5.74, 6) is 2.27. The van der Waals surface area contributed by atoms with Crippen molar-refractivity contribution in [3.05, 3.63) is 11.7 Å². The zero-order valence-electron chi connectivity index (χ0n) is 12.7. The number of urea groups is 1. The molecule has 21 heavy (non-hydrogen) atoms. The number of rotatable bonds is 6. The fourth-order valence-corrected chi connectivity index (χ4v) is 2.60. The molecule has 0 unspecified atom stereocenters. The highest BCUT2D eigenvalue weighted by atomic mass is 32.2. The largest absolute Gasteiger partial charge is 0.337 e. The minimum Gasteiger partial charge on any atom is -0.337 e. The van der Waals surface area contributed by atoms with E-state index in [0.717, 1.165) is 44.9 Å². The lowest BCUT2D eigenvalue weighted by Gasteiger charge is -2.34. The quantitative estimate of drug-likeness (QED) is 0.838. The second-order valence-electron chi connectivity index (χ2n) is 4.94. The molecule has 1 aromatic heterocycles. The number of hydrogen-bond donors (Lipinski definition) is 1. The molecule has 1 N–H and O–H groups in total. The average Bonchev–Trinajstić information content (AvgIpc) is 2.99. The van der Waals surface area contributed by atoms with E-state index >= 15 is 0 Å². The number of hydrogen-bond acceptors (Lipinski definition) is 6. The molecule has 8 heteroatoms. The van der Waals surface area contributed by atoms with Crippen LogP contribution >= 0.6 is 11.8 Å². The molecule has 2 heterocycles. The maximum Gasteiger partial charge on any atom is 0.317 e. The summed E-state index contributed by atoms with van der Waals surface area (Å²) in [6.45, 7) is 6.76. The number of piperazine rings is 1. The molecular formula is C13H23N5O2S. The summed E-state index contributed by atoms with van der Waals surface area (Å²) in [6, 6.07) is -0.0595. The summed E-state index contributed by atoms with van der Waals surface area (Å²) < 4.78 is 5.05. The van der Waals surface area contributed by atoms with Crippen molar-refractivity contribution in [2.24, 2.45) is 0 Å². The maximum absolute atomic E-state index is 12.1. The molecule has 2 rings (SSSR count). The van der Waals surface area contributed by atoms with Crippen LogP contribution < -0.4 is 5.32 Å². The van der Waals surface area contributed by atoms with Crippen molar-refractivity contribution in [3.8, 4) is 0 Å². The summed E-state index contributed by atoms with van der Waals surface area (Å²) in [6.07, 6.45) is 2.85. The van der Waals surface area contributed by atoms with Crippen molar-refractivity contribution in [2.45, 2.75) is 19.9 Å². The van der Waals surface area contributed by atoms with Gasteiger partial charge in [-0.3, -0.25) is 4.90 Å². The van der Waals surface area contributed by atoms with Crippen LogP contribution in [0.3, 0.4) is 0 Å². The van der Waals surface area contributed by atoms with Gasteiger partial charge in [-0.2, -0.15) is 16.7 Å². The molecular weight excluding hydrogens is 290 g/mol. The van der Waals surface area contributed by atoms with Crippen molar-refractivity contribution >= 4 is 17.8 Å². The minimum atomic E-state index is -0.0595. The van der Waals surface area contributed by atoms with Crippen molar-refractivity contribution in [3.63, 3.8) is 0 Å². The normalized spacial score (nSPS) is 16.2. The van der Waals surface area contributed by atoms with Crippen molar-refractivity contribution in [1.29, 1.82) is 0 Å². The molecule has 1 fully saturated rings. The Morgan fingerprint density at radius 3 is 2.76 bits per heavy atom. The lowest BCUT2D eigenvalue weighted by Crippen LogP contribution is -2.51. The molecule has 0 saturated carbocycles. The van der Waals surface area contributed by atoms with Crippen LogP contribution in [0.2, 0.25) is 0 Å². The number of carbonyl (C=O) groups excluding carboxylic acids is 1. The van der Waals surface area contributed by atoms with Crippen LogP contribution in [0.1, 0.15) is 18.6 Å². The Morgan fingerprint density at radius 2 is 2.14 bits per heavy atom. The first-order chi connectivity index (χ1) is 10.2. The Bertz CT molecular complexity index is 446. The van der Waals surface area contributed by atoms with Crippen LogP contribution in [0, 0.1) is 0 Å². The van der Waals surface area contributed by atoms with Crippen molar-refractivity contribution in [2.75, 3.05) is 44.7 Å². The Labute approximate surface area is 129 Å². The van der Waals surface area contributed by atoms with Crippen molar-refractivity contribution < 1.29 is 9.32 Å². The zero-order valence-corrected chi connectivity index (χ0v) is 13.5. The first-order valence-corrected chi connectivity index (χ1v) is 8.67. The van der Waals surface area contributed by atoms with E-state index in [2.05, 4.69) is 26.6 Å². The van der Waals surface area contributed by atoms with Crippen LogP contribution in [0.15, 0.2) is 4.52 Å². The molecule has 1 saturated heterocycles. The van der Waals surface area contributed by atoms with Gasteiger partial charge in [-0.15, -0.1) is 0 Å². The molecule has 0 aromatic carbocycles. The first kappa shape index (κ1) is 16.1. The summed E-state index contributed by atoms with van der Waals surface area (Å²) >= 11 is 1.85. The average molecular weight is 313 g/mol. The van der Waals surface area contributed by atoms with Gasteiger partial charge >= 0.3 is 6.03 Å². The number of carbonyl (C=O) groups is 1. The third-order valence-electron chi connectivity index (χ3n) is 3.49. The van der Waals surface area contributed by atoms with E-state index < -0.39 is 0 Å². The number of thioether (sulfide) groups is 1. The van der Waals surface area contributed by atoms with Gasteiger partial charge in [0.2, 0.25) is 5.89 Å². The van der Waals surface area contributed by atoms with Gasteiger partial charge in [0.15, 0.2) is 5.82 Å². The molecule has 0 aliphatic carbocycles. The molecule has 0 atom stereocenters. The number of aryl methyl sites for hydroxylation is 1. The third-order valence-corrected chi connectivity index (χ3v) is 4.08. The maximum atomic E-state index is 12.1. The number of nitrogens with zero attached hydrogens (tertiary/aromatic N) is 4. The molecule has 118 valence electrons. The lowest BCUT2D eigenvalue weighted by molar-refractivity contribution is 0.142. The van der Waals surface area contributed by atoms with Crippen molar-refractivity contribution in [1.82, 2.24) is 25.3 Å². The van der Waals surface area contributed by atoms with E-state index in [1.165, 1.54) is 0 Å². The predicted molar refractivity (Wildman–Crippen MR) is 82.3 cm³/mol. The van der Waals surface area contributed by atoms with Gasteiger partial charge in [0, 0.05) is 44.9 Å². The molecule has 0 radical (unpaired) electrons. The molecule has 1 aromatic rings. The number of amides is 2. The molecule has 0 bridgehead atoms. The van der Waals surface area contributed by atoms with Gasteiger partial charge in [-0.1, -0.05) is 12.1 Å². The predicted octanol–water partition coefficient (Wildman–Crippen LogP) is 0.822. The third kappa shape index (κ3) is 4.89. The van der Waals surface area contributed by atoms with Crippen LogP contribution in [0.4, 0.5) is 4.79 Å². The van der Waals surface area contributed by atoms with Crippen LogP contribution in [-0.4, -0.2) is 70.7 Å². The highest BCUT2D eigenvalue weighted by Crippen LogP contribution is 2.04.